The van der Waals surface area contributed by atoms with Gasteiger partial charge in [0.05, 0.1) is 0 Å². The van der Waals surface area contributed by atoms with Crippen LogP contribution in [0.4, 0.5) is 0 Å². The Balaban J connectivity index is 2.10. The zero-order chi connectivity index (χ0) is 13.0. The fourth-order valence-corrected chi connectivity index (χ4v) is 3.16. The molecule has 2 rings (SSSR count). The molecule has 0 saturated heterocycles. The molecule has 0 radical (unpaired) electrons. The summed E-state index contributed by atoms with van der Waals surface area (Å²) in [4.78, 5) is 12.5. The van der Waals surface area contributed by atoms with Crippen LogP contribution in [0, 0.1) is 0 Å². The Hall–Kier alpha value is -0.670. The molecule has 1 aromatic rings. The molecular formula is C15H19BrO2. The van der Waals surface area contributed by atoms with Gasteiger partial charge in [0.25, 0.3) is 0 Å². The molecule has 0 amide bonds. The highest BCUT2D eigenvalue weighted by Crippen LogP contribution is 2.33. The maximum Gasteiger partial charge on any atom is 0.168 e. The number of ketones is 1. The zero-order valence-electron chi connectivity index (χ0n) is 10.7. The van der Waals surface area contributed by atoms with Gasteiger partial charge in [-0.25, -0.2) is 0 Å². The lowest BCUT2D eigenvalue weighted by molar-refractivity contribution is -0.144. The van der Waals surface area contributed by atoms with Crippen LogP contribution in [-0.2, 0) is 16.0 Å². The number of benzene rings is 1. The molecule has 1 fully saturated rings. The summed E-state index contributed by atoms with van der Waals surface area (Å²) in [6.07, 6.45) is 5.62. The lowest BCUT2D eigenvalue weighted by Gasteiger charge is -2.34. The SMILES string of the molecule is COC1(C(=O)Cc2cccc(Br)c2)CCCCC1. The number of Topliss-reactive ketones (excluding diaryl/α,β-unsaturated/α-hetero) is 1. The summed E-state index contributed by atoms with van der Waals surface area (Å²) >= 11 is 3.44. The molecule has 0 heterocycles. The number of methoxy groups -OCH3 is 1. The number of rotatable bonds is 4. The van der Waals surface area contributed by atoms with Gasteiger partial charge in [-0.15, -0.1) is 0 Å². The molecule has 1 saturated carbocycles. The minimum Gasteiger partial charge on any atom is -0.370 e. The molecule has 0 aliphatic heterocycles. The Labute approximate surface area is 117 Å². The topological polar surface area (TPSA) is 26.3 Å². The first-order chi connectivity index (χ1) is 8.66. The monoisotopic (exact) mass is 310 g/mol. The summed E-state index contributed by atoms with van der Waals surface area (Å²) < 4.78 is 6.60. The molecular weight excluding hydrogens is 292 g/mol. The third-order valence-corrected chi connectivity index (χ3v) is 4.31. The van der Waals surface area contributed by atoms with Crippen LogP contribution in [0.3, 0.4) is 0 Å². The van der Waals surface area contributed by atoms with E-state index in [0.29, 0.717) is 6.42 Å². The predicted molar refractivity (Wildman–Crippen MR) is 75.7 cm³/mol. The quantitative estimate of drug-likeness (QED) is 0.843. The van der Waals surface area contributed by atoms with Gasteiger partial charge in [0, 0.05) is 18.0 Å². The second-order valence-corrected chi connectivity index (χ2v) is 5.90. The smallest absolute Gasteiger partial charge is 0.168 e. The largest absolute Gasteiger partial charge is 0.370 e. The summed E-state index contributed by atoms with van der Waals surface area (Å²) in [6.45, 7) is 0. The van der Waals surface area contributed by atoms with Gasteiger partial charge in [-0.05, 0) is 30.5 Å². The maximum absolute atomic E-state index is 12.5. The molecule has 18 heavy (non-hydrogen) atoms. The molecule has 1 aliphatic rings. The molecule has 0 spiro atoms. The average Bonchev–Trinajstić information content (AvgIpc) is 2.39. The highest BCUT2D eigenvalue weighted by molar-refractivity contribution is 9.10. The Bertz CT molecular complexity index is 422. The van der Waals surface area contributed by atoms with Gasteiger partial charge in [-0.1, -0.05) is 47.3 Å². The Morgan fingerprint density at radius 2 is 2.06 bits per heavy atom. The fourth-order valence-electron chi connectivity index (χ4n) is 2.71. The Morgan fingerprint density at radius 3 is 2.67 bits per heavy atom. The van der Waals surface area contributed by atoms with E-state index in [4.69, 9.17) is 4.74 Å². The van der Waals surface area contributed by atoms with Crippen LogP contribution >= 0.6 is 15.9 Å². The number of carbonyl (C=O) groups excluding carboxylic acids is 1. The highest BCUT2D eigenvalue weighted by Gasteiger charge is 2.38. The van der Waals surface area contributed by atoms with E-state index in [1.165, 1.54) is 6.42 Å². The van der Waals surface area contributed by atoms with Crippen LogP contribution < -0.4 is 0 Å². The summed E-state index contributed by atoms with van der Waals surface area (Å²) in [5.41, 5.74) is 0.525. The number of hydrogen-bond donors (Lipinski definition) is 0. The van der Waals surface area contributed by atoms with Crippen LogP contribution in [0.15, 0.2) is 28.7 Å². The van der Waals surface area contributed by atoms with Gasteiger partial charge in [0.15, 0.2) is 5.78 Å². The summed E-state index contributed by atoms with van der Waals surface area (Å²) in [5.74, 6) is 0.225. The minimum atomic E-state index is -0.527. The van der Waals surface area contributed by atoms with Crippen LogP contribution in [0.5, 0.6) is 0 Å². The van der Waals surface area contributed by atoms with Crippen LogP contribution in [-0.4, -0.2) is 18.5 Å². The van der Waals surface area contributed by atoms with E-state index < -0.39 is 5.60 Å². The van der Waals surface area contributed by atoms with Crippen molar-refractivity contribution in [2.24, 2.45) is 0 Å². The molecule has 0 bridgehead atoms. The number of hydrogen-bond acceptors (Lipinski definition) is 2. The lowest BCUT2D eigenvalue weighted by Crippen LogP contribution is -2.43. The fraction of sp³-hybridized carbons (Fsp3) is 0.533. The minimum absolute atomic E-state index is 0.225. The van der Waals surface area contributed by atoms with Crippen molar-refractivity contribution in [2.75, 3.05) is 7.11 Å². The van der Waals surface area contributed by atoms with Crippen molar-refractivity contribution < 1.29 is 9.53 Å². The highest BCUT2D eigenvalue weighted by atomic mass is 79.9. The first kappa shape index (κ1) is 13.8. The maximum atomic E-state index is 12.5. The van der Waals surface area contributed by atoms with Crippen molar-refractivity contribution >= 4 is 21.7 Å². The van der Waals surface area contributed by atoms with Gasteiger partial charge in [0.1, 0.15) is 5.60 Å². The van der Waals surface area contributed by atoms with E-state index in [0.717, 1.165) is 35.7 Å². The molecule has 2 nitrogen and oxygen atoms in total. The molecule has 1 aliphatic carbocycles. The second-order valence-electron chi connectivity index (χ2n) is 4.99. The molecule has 0 atom stereocenters. The van der Waals surface area contributed by atoms with Gasteiger partial charge in [-0.2, -0.15) is 0 Å². The van der Waals surface area contributed by atoms with E-state index in [9.17, 15) is 4.79 Å². The van der Waals surface area contributed by atoms with Crippen molar-refractivity contribution in [1.29, 1.82) is 0 Å². The second kappa shape index (κ2) is 5.98. The van der Waals surface area contributed by atoms with Gasteiger partial charge in [0.2, 0.25) is 0 Å². The van der Waals surface area contributed by atoms with E-state index in [2.05, 4.69) is 15.9 Å². The van der Waals surface area contributed by atoms with E-state index in [-0.39, 0.29) is 5.78 Å². The third-order valence-electron chi connectivity index (χ3n) is 3.81. The van der Waals surface area contributed by atoms with Crippen molar-refractivity contribution in [1.82, 2.24) is 0 Å². The summed E-state index contributed by atoms with van der Waals surface area (Å²) in [7, 11) is 1.67. The Kier molecular flexibility index (Phi) is 4.57. The van der Waals surface area contributed by atoms with Gasteiger partial charge >= 0.3 is 0 Å². The van der Waals surface area contributed by atoms with Crippen LogP contribution in [0.2, 0.25) is 0 Å². The molecule has 98 valence electrons. The van der Waals surface area contributed by atoms with E-state index in [1.54, 1.807) is 7.11 Å². The van der Waals surface area contributed by atoms with Gasteiger partial charge in [-0.3, -0.25) is 4.79 Å². The number of carbonyl (C=O) groups is 1. The van der Waals surface area contributed by atoms with Crippen LogP contribution in [0.25, 0.3) is 0 Å². The molecule has 0 N–H and O–H groups in total. The normalized spacial score (nSPS) is 18.6. The van der Waals surface area contributed by atoms with Crippen LogP contribution in [0.1, 0.15) is 37.7 Å². The lowest BCUT2D eigenvalue weighted by atomic mass is 9.79. The molecule has 1 aromatic carbocycles. The molecule has 3 heteroatoms. The first-order valence-electron chi connectivity index (χ1n) is 6.49. The number of halogens is 1. The van der Waals surface area contributed by atoms with E-state index >= 15 is 0 Å². The van der Waals surface area contributed by atoms with Gasteiger partial charge < -0.3 is 4.74 Å². The predicted octanol–water partition coefficient (Wildman–Crippen LogP) is 3.91. The summed E-state index contributed by atoms with van der Waals surface area (Å²) in [5, 5.41) is 0. The first-order valence-corrected chi connectivity index (χ1v) is 7.28. The Morgan fingerprint density at radius 1 is 1.33 bits per heavy atom. The summed E-state index contributed by atoms with van der Waals surface area (Å²) in [6, 6.07) is 7.94. The van der Waals surface area contributed by atoms with E-state index in [1.807, 2.05) is 24.3 Å². The zero-order valence-corrected chi connectivity index (χ0v) is 12.3. The standard InChI is InChI=1S/C15H19BrO2/c1-18-15(8-3-2-4-9-15)14(17)11-12-6-5-7-13(16)10-12/h5-7,10H,2-4,8-9,11H2,1H3. The van der Waals surface area contributed by atoms with Crippen molar-refractivity contribution in [3.63, 3.8) is 0 Å². The molecule has 0 unspecified atom stereocenters. The van der Waals surface area contributed by atoms with Crippen molar-refractivity contribution in [2.45, 2.75) is 44.1 Å². The third kappa shape index (κ3) is 3.01. The average molecular weight is 311 g/mol. The molecule has 0 aromatic heterocycles. The van der Waals surface area contributed by atoms with Crippen molar-refractivity contribution in [3.05, 3.63) is 34.3 Å². The van der Waals surface area contributed by atoms with Crippen molar-refractivity contribution in [3.8, 4) is 0 Å². The number of ether oxygens (including phenoxy) is 1.